The highest BCUT2D eigenvalue weighted by atomic mass is 16.5. The summed E-state index contributed by atoms with van der Waals surface area (Å²) in [5.41, 5.74) is 1.73. The first kappa shape index (κ1) is 21.3. The Morgan fingerprint density at radius 2 is 1.91 bits per heavy atom. The number of nitriles is 1. The number of hydrogen-bond acceptors (Lipinski definition) is 6. The van der Waals surface area contributed by atoms with Gasteiger partial charge in [0.1, 0.15) is 28.6 Å². The fourth-order valence-electron chi connectivity index (χ4n) is 3.43. The molecule has 4 rings (SSSR count). The highest BCUT2D eigenvalue weighted by Crippen LogP contribution is 2.25. The van der Waals surface area contributed by atoms with Gasteiger partial charge in [0.2, 0.25) is 5.88 Å². The van der Waals surface area contributed by atoms with Crippen LogP contribution in [0.25, 0.3) is 11.7 Å². The maximum atomic E-state index is 13.3. The molecule has 8 nitrogen and oxygen atoms in total. The Morgan fingerprint density at radius 3 is 2.59 bits per heavy atom. The fraction of sp³-hybridized carbons (Fsp3) is 0.250. The third-order valence-corrected chi connectivity index (χ3v) is 5.22. The highest BCUT2D eigenvalue weighted by molar-refractivity contribution is 6.02. The fourth-order valence-corrected chi connectivity index (χ4v) is 3.43. The lowest BCUT2D eigenvalue weighted by Gasteiger charge is -2.26. The number of rotatable bonds is 4. The van der Waals surface area contributed by atoms with Crippen molar-refractivity contribution >= 4 is 17.6 Å². The van der Waals surface area contributed by atoms with E-state index in [2.05, 4.69) is 4.98 Å². The molecule has 8 heteroatoms. The normalized spacial score (nSPS) is 14.3. The lowest BCUT2D eigenvalue weighted by Crippen LogP contribution is -2.41. The monoisotopic (exact) mass is 430 g/mol. The van der Waals surface area contributed by atoms with Crippen LogP contribution in [0.1, 0.15) is 16.7 Å². The SMILES string of the molecule is Cc1ccc(Oc2nc3c(C)cccn3c(=O)c2/C=C(\C#N)C(=O)N2CCOCC2)cc1. The van der Waals surface area contributed by atoms with Gasteiger partial charge in [0.15, 0.2) is 0 Å². The molecule has 0 saturated carbocycles. The molecule has 0 unspecified atom stereocenters. The Balaban J connectivity index is 1.85. The number of benzene rings is 1. The van der Waals surface area contributed by atoms with E-state index in [0.29, 0.717) is 37.7 Å². The first-order chi connectivity index (χ1) is 15.5. The van der Waals surface area contributed by atoms with E-state index in [-0.39, 0.29) is 17.0 Å². The molecular weight excluding hydrogens is 408 g/mol. The summed E-state index contributed by atoms with van der Waals surface area (Å²) in [4.78, 5) is 32.3. The number of morpholine rings is 1. The van der Waals surface area contributed by atoms with E-state index in [0.717, 1.165) is 11.1 Å². The van der Waals surface area contributed by atoms with E-state index in [4.69, 9.17) is 9.47 Å². The number of carbonyl (C=O) groups excluding carboxylic acids is 1. The van der Waals surface area contributed by atoms with Crippen molar-refractivity contribution in [1.82, 2.24) is 14.3 Å². The molecule has 0 spiro atoms. The maximum absolute atomic E-state index is 13.3. The second-order valence-electron chi connectivity index (χ2n) is 7.51. The molecule has 3 heterocycles. The van der Waals surface area contributed by atoms with Gasteiger partial charge in [-0.2, -0.15) is 10.2 Å². The minimum atomic E-state index is -0.453. The summed E-state index contributed by atoms with van der Waals surface area (Å²) in [6, 6.07) is 12.8. The second-order valence-corrected chi connectivity index (χ2v) is 7.51. The summed E-state index contributed by atoms with van der Waals surface area (Å²) in [5, 5.41) is 9.68. The van der Waals surface area contributed by atoms with Crippen LogP contribution < -0.4 is 10.3 Å². The van der Waals surface area contributed by atoms with Crippen molar-refractivity contribution < 1.29 is 14.3 Å². The Morgan fingerprint density at radius 1 is 1.19 bits per heavy atom. The zero-order valence-corrected chi connectivity index (χ0v) is 17.9. The van der Waals surface area contributed by atoms with E-state index in [9.17, 15) is 14.9 Å². The largest absolute Gasteiger partial charge is 0.438 e. The van der Waals surface area contributed by atoms with Gasteiger partial charge in [-0.3, -0.25) is 14.0 Å². The van der Waals surface area contributed by atoms with E-state index in [1.54, 1.807) is 24.4 Å². The number of aromatic nitrogens is 2. The van der Waals surface area contributed by atoms with Crippen LogP contribution in [0.15, 0.2) is 53.0 Å². The highest BCUT2D eigenvalue weighted by Gasteiger charge is 2.23. The van der Waals surface area contributed by atoms with Gasteiger partial charge < -0.3 is 14.4 Å². The van der Waals surface area contributed by atoms with E-state index >= 15 is 0 Å². The average molecular weight is 430 g/mol. The van der Waals surface area contributed by atoms with E-state index in [1.807, 2.05) is 38.1 Å². The summed E-state index contributed by atoms with van der Waals surface area (Å²) >= 11 is 0. The number of hydrogen-bond donors (Lipinski definition) is 0. The second kappa shape index (κ2) is 9.04. The lowest BCUT2D eigenvalue weighted by molar-refractivity contribution is -0.130. The molecule has 0 radical (unpaired) electrons. The zero-order chi connectivity index (χ0) is 22.7. The number of carbonyl (C=O) groups is 1. The molecule has 1 aliphatic rings. The number of pyridine rings is 1. The van der Waals surface area contributed by atoms with Gasteiger partial charge in [0, 0.05) is 19.3 Å². The number of nitrogens with zero attached hydrogens (tertiary/aromatic N) is 4. The van der Waals surface area contributed by atoms with Gasteiger partial charge >= 0.3 is 0 Å². The average Bonchev–Trinajstić information content (AvgIpc) is 2.81. The number of ether oxygens (including phenoxy) is 2. The first-order valence-electron chi connectivity index (χ1n) is 10.2. The topological polar surface area (TPSA) is 96.9 Å². The van der Waals surface area contributed by atoms with Gasteiger partial charge in [-0.1, -0.05) is 23.8 Å². The summed E-state index contributed by atoms with van der Waals surface area (Å²) in [5.74, 6) is 0.0783. The molecule has 1 saturated heterocycles. The number of amides is 1. The van der Waals surface area contributed by atoms with Crippen molar-refractivity contribution in [2.24, 2.45) is 0 Å². The molecule has 0 N–H and O–H groups in total. The van der Waals surface area contributed by atoms with E-state index < -0.39 is 11.5 Å². The summed E-state index contributed by atoms with van der Waals surface area (Å²) < 4.78 is 12.6. The maximum Gasteiger partial charge on any atom is 0.269 e. The molecule has 1 aromatic carbocycles. The Hall–Kier alpha value is -3.96. The van der Waals surface area contributed by atoms with Crippen LogP contribution in [-0.2, 0) is 9.53 Å². The van der Waals surface area contributed by atoms with Gasteiger partial charge in [-0.25, -0.2) is 0 Å². The van der Waals surface area contributed by atoms with Crippen molar-refractivity contribution in [2.45, 2.75) is 13.8 Å². The molecule has 0 aliphatic carbocycles. The molecule has 1 aliphatic heterocycles. The Kier molecular flexibility index (Phi) is 6.01. The number of fused-ring (bicyclic) bond motifs is 1. The van der Waals surface area contributed by atoms with Crippen LogP contribution in [0.3, 0.4) is 0 Å². The zero-order valence-electron chi connectivity index (χ0n) is 17.9. The lowest BCUT2D eigenvalue weighted by atomic mass is 10.1. The van der Waals surface area contributed by atoms with Crippen LogP contribution in [-0.4, -0.2) is 46.5 Å². The van der Waals surface area contributed by atoms with Gasteiger partial charge in [0.25, 0.3) is 11.5 Å². The summed E-state index contributed by atoms with van der Waals surface area (Å²) in [6.07, 6.45) is 2.87. The van der Waals surface area contributed by atoms with Crippen molar-refractivity contribution in [1.29, 1.82) is 5.26 Å². The third-order valence-electron chi connectivity index (χ3n) is 5.22. The smallest absolute Gasteiger partial charge is 0.269 e. The Bertz CT molecular complexity index is 1300. The van der Waals surface area contributed by atoms with Gasteiger partial charge in [0.05, 0.1) is 13.2 Å². The first-order valence-corrected chi connectivity index (χ1v) is 10.2. The van der Waals surface area contributed by atoms with Crippen molar-refractivity contribution in [2.75, 3.05) is 26.3 Å². The molecule has 0 bridgehead atoms. The Labute approximate surface area is 184 Å². The van der Waals surface area contributed by atoms with Crippen LogP contribution in [0.4, 0.5) is 0 Å². The van der Waals surface area contributed by atoms with E-state index in [1.165, 1.54) is 15.4 Å². The molecule has 1 amide bonds. The minimum Gasteiger partial charge on any atom is -0.438 e. The molecule has 162 valence electrons. The predicted octanol–water partition coefficient (Wildman–Crippen LogP) is 2.87. The standard InChI is InChI=1S/C24H22N4O4/c1-16-5-7-19(8-6-16)32-22-20(24(30)28-9-3-4-17(2)21(28)26-22)14-18(15-25)23(29)27-10-12-31-13-11-27/h3-9,14H,10-13H2,1-2H3/b18-14+. The van der Waals surface area contributed by atoms with Crippen LogP contribution >= 0.6 is 0 Å². The minimum absolute atomic E-state index is 0.0341. The molecule has 0 atom stereocenters. The van der Waals surface area contributed by atoms with Crippen LogP contribution in [0, 0.1) is 25.2 Å². The molecule has 1 fully saturated rings. The van der Waals surface area contributed by atoms with Gasteiger partial charge in [-0.15, -0.1) is 0 Å². The summed E-state index contributed by atoms with van der Waals surface area (Å²) in [7, 11) is 0. The molecule has 32 heavy (non-hydrogen) atoms. The summed E-state index contributed by atoms with van der Waals surface area (Å²) in [6.45, 7) is 5.39. The van der Waals surface area contributed by atoms with Crippen LogP contribution in [0.2, 0.25) is 0 Å². The number of aryl methyl sites for hydroxylation is 2. The quantitative estimate of drug-likeness (QED) is 0.466. The molecular formula is C24H22N4O4. The van der Waals surface area contributed by atoms with Crippen molar-refractivity contribution in [3.63, 3.8) is 0 Å². The van der Waals surface area contributed by atoms with Gasteiger partial charge in [-0.05, 0) is 43.7 Å². The molecule has 2 aromatic heterocycles. The predicted molar refractivity (Wildman–Crippen MR) is 118 cm³/mol. The van der Waals surface area contributed by atoms with Crippen LogP contribution in [0.5, 0.6) is 11.6 Å². The molecule has 3 aromatic rings. The van der Waals surface area contributed by atoms with Crippen molar-refractivity contribution in [3.8, 4) is 17.7 Å². The van der Waals surface area contributed by atoms with Crippen molar-refractivity contribution in [3.05, 3.63) is 75.2 Å². The third kappa shape index (κ3) is 4.24.